The summed E-state index contributed by atoms with van der Waals surface area (Å²) in [4.78, 5) is 39.1. The number of ether oxygens (including phenoxy) is 1. The number of rotatable bonds is 6. The molecule has 0 aromatic heterocycles. The average Bonchev–Trinajstić information content (AvgIpc) is 3.01. The van der Waals surface area contributed by atoms with Gasteiger partial charge < -0.3 is 15.4 Å². The Morgan fingerprint density at radius 2 is 1.88 bits per heavy atom. The van der Waals surface area contributed by atoms with Crippen LogP contribution in [0.15, 0.2) is 66.7 Å². The number of hydrogen-bond acceptors (Lipinski definition) is 5. The van der Waals surface area contributed by atoms with E-state index < -0.39 is 29.9 Å². The Hall–Kier alpha value is -4.38. The smallest absolute Gasteiger partial charge is 0.325 e. The summed E-state index contributed by atoms with van der Waals surface area (Å²) in [5.41, 5.74) is -0.207. The van der Waals surface area contributed by atoms with Crippen LogP contribution in [0.4, 0.5) is 10.5 Å². The molecular weight excluding hydrogens is 408 g/mol. The minimum absolute atomic E-state index is 0.118. The number of nitrogens with zero attached hydrogens (tertiary/aromatic N) is 2. The Bertz CT molecular complexity index is 1270. The third kappa shape index (κ3) is 3.96. The first-order chi connectivity index (χ1) is 15.4. The highest BCUT2D eigenvalue weighted by Gasteiger charge is 2.49. The van der Waals surface area contributed by atoms with E-state index in [9.17, 15) is 14.4 Å². The van der Waals surface area contributed by atoms with Crippen molar-refractivity contribution < 1.29 is 19.1 Å². The van der Waals surface area contributed by atoms with Gasteiger partial charge in [0.1, 0.15) is 23.9 Å². The molecule has 0 unspecified atom stereocenters. The van der Waals surface area contributed by atoms with Gasteiger partial charge in [-0.2, -0.15) is 5.26 Å². The number of fused-ring (bicyclic) bond motifs is 1. The standard InChI is InChI=1S/C24H20N4O4/c1-24(18-10-9-16-5-2-3-6-17(16)13-18)22(30)28(23(31)27-24)15-21(29)26-19-7-4-8-20(14-19)32-12-11-25/h2-10,13-14H,12,15H2,1H3,(H,26,29)(H,27,31)/t24-/m1/s1. The Balaban J connectivity index is 1.49. The summed E-state index contributed by atoms with van der Waals surface area (Å²) < 4.78 is 5.21. The van der Waals surface area contributed by atoms with Crippen LogP contribution in [-0.4, -0.2) is 35.9 Å². The van der Waals surface area contributed by atoms with Crippen LogP contribution in [0.2, 0.25) is 0 Å². The minimum Gasteiger partial charge on any atom is -0.479 e. The summed E-state index contributed by atoms with van der Waals surface area (Å²) in [5, 5.41) is 15.9. The molecule has 4 amide bonds. The number of nitrogens with one attached hydrogen (secondary N) is 2. The molecule has 2 N–H and O–H groups in total. The molecule has 1 aliphatic heterocycles. The summed E-state index contributed by atoms with van der Waals surface area (Å²) in [6, 6.07) is 21.0. The Morgan fingerprint density at radius 1 is 1.09 bits per heavy atom. The normalized spacial score (nSPS) is 17.7. The molecule has 3 aromatic carbocycles. The molecule has 8 heteroatoms. The minimum atomic E-state index is -1.27. The third-order valence-electron chi connectivity index (χ3n) is 5.32. The molecule has 0 saturated carbocycles. The van der Waals surface area contributed by atoms with E-state index in [2.05, 4.69) is 10.6 Å². The van der Waals surface area contributed by atoms with Crippen molar-refractivity contribution in [1.82, 2.24) is 10.2 Å². The van der Waals surface area contributed by atoms with Gasteiger partial charge in [0, 0.05) is 11.8 Å². The summed E-state index contributed by atoms with van der Waals surface area (Å²) in [6.45, 7) is 1.08. The molecular formula is C24H20N4O4. The van der Waals surface area contributed by atoms with Gasteiger partial charge in [-0.1, -0.05) is 42.5 Å². The summed E-state index contributed by atoms with van der Waals surface area (Å²) >= 11 is 0. The molecule has 32 heavy (non-hydrogen) atoms. The molecule has 4 rings (SSSR count). The van der Waals surface area contributed by atoms with Crippen LogP contribution in [0.3, 0.4) is 0 Å². The fourth-order valence-corrected chi connectivity index (χ4v) is 3.66. The summed E-state index contributed by atoms with van der Waals surface area (Å²) in [6.07, 6.45) is 0. The molecule has 0 bridgehead atoms. The van der Waals surface area contributed by atoms with E-state index in [1.165, 1.54) is 0 Å². The highest BCUT2D eigenvalue weighted by atomic mass is 16.5. The van der Waals surface area contributed by atoms with E-state index in [0.29, 0.717) is 17.0 Å². The maximum absolute atomic E-state index is 13.1. The van der Waals surface area contributed by atoms with Gasteiger partial charge in [0.25, 0.3) is 5.91 Å². The van der Waals surface area contributed by atoms with Crippen molar-refractivity contribution in [3.63, 3.8) is 0 Å². The van der Waals surface area contributed by atoms with E-state index >= 15 is 0 Å². The van der Waals surface area contributed by atoms with E-state index in [1.807, 2.05) is 42.5 Å². The summed E-state index contributed by atoms with van der Waals surface area (Å²) in [7, 11) is 0. The van der Waals surface area contributed by atoms with E-state index in [1.54, 1.807) is 37.3 Å². The van der Waals surface area contributed by atoms with E-state index in [-0.39, 0.29) is 6.61 Å². The fraction of sp³-hybridized carbons (Fsp3) is 0.167. The van der Waals surface area contributed by atoms with E-state index in [0.717, 1.165) is 15.7 Å². The third-order valence-corrected chi connectivity index (χ3v) is 5.32. The number of urea groups is 1. The number of carbonyl (C=O) groups is 3. The number of imide groups is 1. The van der Waals surface area contributed by atoms with Gasteiger partial charge in [0.15, 0.2) is 6.61 Å². The molecule has 160 valence electrons. The predicted molar refractivity (Wildman–Crippen MR) is 118 cm³/mol. The molecule has 1 fully saturated rings. The number of nitriles is 1. The Labute approximate surface area is 184 Å². The van der Waals surface area contributed by atoms with Gasteiger partial charge in [0.2, 0.25) is 5.91 Å². The van der Waals surface area contributed by atoms with Gasteiger partial charge in [-0.15, -0.1) is 0 Å². The lowest BCUT2D eigenvalue weighted by molar-refractivity contribution is -0.133. The number of benzene rings is 3. The second-order valence-electron chi connectivity index (χ2n) is 7.53. The van der Waals surface area contributed by atoms with Crippen LogP contribution < -0.4 is 15.4 Å². The summed E-state index contributed by atoms with van der Waals surface area (Å²) in [5.74, 6) is -0.615. The van der Waals surface area contributed by atoms with Crippen molar-refractivity contribution >= 4 is 34.3 Å². The second kappa shape index (κ2) is 8.40. The van der Waals surface area contributed by atoms with Gasteiger partial charge in [0.05, 0.1) is 0 Å². The van der Waals surface area contributed by atoms with Crippen molar-refractivity contribution in [2.24, 2.45) is 0 Å². The molecule has 0 aliphatic carbocycles. The highest BCUT2D eigenvalue weighted by molar-refractivity contribution is 6.10. The second-order valence-corrected chi connectivity index (χ2v) is 7.53. The van der Waals surface area contributed by atoms with E-state index in [4.69, 9.17) is 10.00 Å². The monoisotopic (exact) mass is 428 g/mol. The van der Waals surface area contributed by atoms with Gasteiger partial charge in [-0.25, -0.2) is 4.79 Å². The number of amides is 4. The molecule has 1 atom stereocenters. The predicted octanol–water partition coefficient (Wildman–Crippen LogP) is 3.15. The van der Waals surface area contributed by atoms with Crippen LogP contribution >= 0.6 is 0 Å². The first-order valence-corrected chi connectivity index (χ1v) is 9.94. The Kier molecular flexibility index (Phi) is 5.48. The average molecular weight is 428 g/mol. The van der Waals surface area contributed by atoms with Crippen molar-refractivity contribution in [3.8, 4) is 11.8 Å². The first kappa shape index (κ1) is 20.9. The van der Waals surface area contributed by atoms with Crippen molar-refractivity contribution in [3.05, 3.63) is 72.3 Å². The molecule has 3 aromatic rings. The van der Waals surface area contributed by atoms with Gasteiger partial charge in [-0.3, -0.25) is 14.5 Å². The molecule has 8 nitrogen and oxygen atoms in total. The molecule has 1 aliphatic rings. The van der Waals surface area contributed by atoms with Gasteiger partial charge >= 0.3 is 6.03 Å². The molecule has 0 spiro atoms. The zero-order valence-electron chi connectivity index (χ0n) is 17.3. The van der Waals surface area contributed by atoms with Crippen LogP contribution in [0.25, 0.3) is 10.8 Å². The zero-order chi connectivity index (χ0) is 22.7. The molecule has 0 radical (unpaired) electrons. The first-order valence-electron chi connectivity index (χ1n) is 9.94. The SMILES string of the molecule is C[C@]1(c2ccc3ccccc3c2)NC(=O)N(CC(=O)Nc2cccc(OCC#N)c2)C1=O. The number of hydrogen-bond donors (Lipinski definition) is 2. The lowest BCUT2D eigenvalue weighted by Gasteiger charge is -2.22. The zero-order valence-corrected chi connectivity index (χ0v) is 17.3. The maximum Gasteiger partial charge on any atom is 0.325 e. The van der Waals surface area contributed by atoms with Crippen LogP contribution in [-0.2, 0) is 15.1 Å². The molecule has 1 saturated heterocycles. The number of anilines is 1. The quantitative estimate of drug-likeness (QED) is 0.586. The van der Waals surface area contributed by atoms with Crippen LogP contribution in [0.5, 0.6) is 5.75 Å². The van der Waals surface area contributed by atoms with Crippen LogP contribution in [0, 0.1) is 11.3 Å². The Morgan fingerprint density at radius 3 is 2.66 bits per heavy atom. The fourth-order valence-electron chi connectivity index (χ4n) is 3.66. The van der Waals surface area contributed by atoms with Crippen molar-refractivity contribution in [2.45, 2.75) is 12.5 Å². The maximum atomic E-state index is 13.1. The van der Waals surface area contributed by atoms with Crippen molar-refractivity contribution in [2.75, 3.05) is 18.5 Å². The van der Waals surface area contributed by atoms with Crippen LogP contribution in [0.1, 0.15) is 12.5 Å². The lowest BCUT2D eigenvalue weighted by atomic mass is 9.90. The van der Waals surface area contributed by atoms with Gasteiger partial charge in [-0.05, 0) is 41.5 Å². The lowest BCUT2D eigenvalue weighted by Crippen LogP contribution is -2.42. The number of carbonyl (C=O) groups excluding carboxylic acids is 3. The van der Waals surface area contributed by atoms with Crippen molar-refractivity contribution in [1.29, 1.82) is 5.26 Å². The highest BCUT2D eigenvalue weighted by Crippen LogP contribution is 2.31. The molecule has 1 heterocycles. The topological polar surface area (TPSA) is 112 Å². The largest absolute Gasteiger partial charge is 0.479 e.